The van der Waals surface area contributed by atoms with Gasteiger partial charge < -0.3 is 19.6 Å². The highest BCUT2D eigenvalue weighted by Crippen LogP contribution is 2.41. The average Bonchev–Trinajstić information content (AvgIpc) is 3.22. The summed E-state index contributed by atoms with van der Waals surface area (Å²) in [6.07, 6.45) is 1.59. The number of ketones is 1. The van der Waals surface area contributed by atoms with Gasteiger partial charge in [0.2, 0.25) is 5.78 Å². The highest BCUT2D eigenvalue weighted by atomic mass is 32.1. The molecule has 2 heterocycles. The maximum atomic E-state index is 13.5. The molecule has 0 spiro atoms. The molecule has 0 saturated carbocycles. The van der Waals surface area contributed by atoms with Crippen molar-refractivity contribution in [3.63, 3.8) is 0 Å². The van der Waals surface area contributed by atoms with Crippen molar-refractivity contribution in [2.24, 2.45) is 0 Å². The second-order valence-electron chi connectivity index (χ2n) is 8.22. The van der Waals surface area contributed by atoms with Gasteiger partial charge >= 0.3 is 0 Å². The van der Waals surface area contributed by atoms with Crippen molar-refractivity contribution in [1.29, 1.82) is 0 Å². The average molecular weight is 458 g/mol. The molecule has 8 heteroatoms. The third-order valence-electron chi connectivity index (χ3n) is 5.31. The minimum atomic E-state index is -0.677. The quantitative estimate of drug-likeness (QED) is 0.542. The van der Waals surface area contributed by atoms with Gasteiger partial charge in [-0.3, -0.25) is 9.59 Å². The van der Waals surface area contributed by atoms with Gasteiger partial charge in [0, 0.05) is 6.54 Å². The Kier molecular flexibility index (Phi) is 7.69. The Bertz CT molecular complexity index is 1030. The minimum Gasteiger partial charge on any atom is -0.503 e. The Morgan fingerprint density at radius 3 is 2.69 bits per heavy atom. The van der Waals surface area contributed by atoms with Crippen LogP contribution >= 0.6 is 11.3 Å². The van der Waals surface area contributed by atoms with Crippen molar-refractivity contribution < 1.29 is 19.4 Å². The summed E-state index contributed by atoms with van der Waals surface area (Å²) < 4.78 is 5.78. The zero-order valence-corrected chi connectivity index (χ0v) is 20.2. The predicted octanol–water partition coefficient (Wildman–Crippen LogP) is 4.08. The molecule has 0 bridgehead atoms. The van der Waals surface area contributed by atoms with E-state index in [0.717, 1.165) is 23.5 Å². The van der Waals surface area contributed by atoms with Crippen LogP contribution in [0.2, 0.25) is 0 Å². The molecule has 2 aromatic rings. The smallest absolute Gasteiger partial charge is 0.290 e. The number of amides is 1. The van der Waals surface area contributed by atoms with Gasteiger partial charge in [-0.1, -0.05) is 19.1 Å². The fourth-order valence-electron chi connectivity index (χ4n) is 3.88. The number of aliphatic hydroxyl groups excluding tert-OH is 1. The van der Waals surface area contributed by atoms with Gasteiger partial charge in [-0.2, -0.15) is 0 Å². The Labute approximate surface area is 193 Å². The summed E-state index contributed by atoms with van der Waals surface area (Å²) in [4.78, 5) is 35.0. The maximum absolute atomic E-state index is 13.5. The van der Waals surface area contributed by atoms with E-state index >= 15 is 0 Å². The summed E-state index contributed by atoms with van der Waals surface area (Å²) in [6.45, 7) is 7.42. The zero-order chi connectivity index (χ0) is 23.4. The number of rotatable bonds is 10. The van der Waals surface area contributed by atoms with E-state index in [1.807, 2.05) is 57.1 Å². The number of carbonyl (C=O) groups excluding carboxylic acids is 2. The van der Waals surface area contributed by atoms with E-state index in [-0.39, 0.29) is 11.4 Å². The molecule has 1 atom stereocenters. The van der Waals surface area contributed by atoms with Crippen LogP contribution in [-0.2, 0) is 4.79 Å². The molecule has 0 aliphatic carbocycles. The first-order valence-corrected chi connectivity index (χ1v) is 11.7. The summed E-state index contributed by atoms with van der Waals surface area (Å²) in [5.41, 5.74) is 1.46. The number of thiazole rings is 1. The number of Topliss-reactive ketones (excluding diaryl/α,β-unsaturated/α-hetero) is 1. The van der Waals surface area contributed by atoms with E-state index < -0.39 is 17.7 Å². The Balaban J connectivity index is 2.03. The Morgan fingerprint density at radius 2 is 2.06 bits per heavy atom. The first-order valence-electron chi connectivity index (χ1n) is 10.8. The van der Waals surface area contributed by atoms with E-state index in [1.165, 1.54) is 11.3 Å². The highest BCUT2D eigenvalue weighted by molar-refractivity contribution is 7.14. The summed E-state index contributed by atoms with van der Waals surface area (Å²) in [7, 11) is 3.94. The van der Waals surface area contributed by atoms with Crippen molar-refractivity contribution >= 4 is 23.0 Å². The fourth-order valence-corrected chi connectivity index (χ4v) is 4.75. The molecule has 0 radical (unpaired) electrons. The molecule has 1 aromatic carbocycles. The van der Waals surface area contributed by atoms with Crippen molar-refractivity contribution in [2.75, 3.05) is 33.8 Å². The van der Waals surface area contributed by atoms with E-state index in [9.17, 15) is 14.7 Å². The van der Waals surface area contributed by atoms with Gasteiger partial charge in [0.05, 0.1) is 33.8 Å². The second-order valence-corrected chi connectivity index (χ2v) is 9.42. The van der Waals surface area contributed by atoms with E-state index in [4.69, 9.17) is 4.74 Å². The molecular weight excluding hydrogens is 426 g/mol. The summed E-state index contributed by atoms with van der Waals surface area (Å²) in [5.74, 6) is -0.668. The van der Waals surface area contributed by atoms with Crippen LogP contribution in [0, 0.1) is 13.8 Å². The largest absolute Gasteiger partial charge is 0.503 e. The van der Waals surface area contributed by atoms with Crippen molar-refractivity contribution in [1.82, 2.24) is 14.8 Å². The van der Waals surface area contributed by atoms with Crippen LogP contribution in [0.5, 0.6) is 5.75 Å². The molecule has 1 aromatic heterocycles. The minimum absolute atomic E-state index is 0.110. The van der Waals surface area contributed by atoms with E-state index in [2.05, 4.69) is 4.98 Å². The van der Waals surface area contributed by atoms with Crippen LogP contribution in [-0.4, -0.2) is 65.4 Å². The Hall–Kier alpha value is -2.71. The maximum Gasteiger partial charge on any atom is 0.290 e. The van der Waals surface area contributed by atoms with Crippen LogP contribution in [0.3, 0.4) is 0 Å². The number of hydrogen-bond acceptors (Lipinski definition) is 7. The topological polar surface area (TPSA) is 83.0 Å². The summed E-state index contributed by atoms with van der Waals surface area (Å²) in [6, 6.07) is 6.75. The predicted molar refractivity (Wildman–Crippen MR) is 125 cm³/mol. The van der Waals surface area contributed by atoms with Gasteiger partial charge in [-0.05, 0) is 65.0 Å². The lowest BCUT2D eigenvalue weighted by Crippen LogP contribution is -2.33. The fraction of sp³-hybridized carbons (Fsp3) is 0.458. The monoisotopic (exact) mass is 457 g/mol. The second kappa shape index (κ2) is 10.3. The molecule has 0 unspecified atom stereocenters. The van der Waals surface area contributed by atoms with Crippen LogP contribution in [0.25, 0.3) is 0 Å². The van der Waals surface area contributed by atoms with Gasteiger partial charge in [0.15, 0.2) is 5.76 Å². The number of ether oxygens (including phenoxy) is 1. The zero-order valence-electron chi connectivity index (χ0n) is 19.3. The van der Waals surface area contributed by atoms with E-state index in [0.29, 0.717) is 35.9 Å². The van der Waals surface area contributed by atoms with Crippen LogP contribution in [0.1, 0.15) is 51.7 Å². The molecule has 7 nitrogen and oxygen atoms in total. The number of nitrogens with zero attached hydrogens (tertiary/aromatic N) is 3. The van der Waals surface area contributed by atoms with Crippen molar-refractivity contribution in [3.05, 3.63) is 56.7 Å². The number of hydrogen-bond donors (Lipinski definition) is 1. The first kappa shape index (κ1) is 23.9. The number of aliphatic hydroxyl groups is 1. The summed E-state index contributed by atoms with van der Waals surface area (Å²) in [5, 5.41) is 11.6. The normalized spacial score (nSPS) is 16.4. The lowest BCUT2D eigenvalue weighted by molar-refractivity contribution is -0.129. The molecular formula is C24H31N3O4S. The van der Waals surface area contributed by atoms with Crippen molar-refractivity contribution in [2.45, 2.75) is 39.7 Å². The number of aryl methyl sites for hydroxylation is 2. The van der Waals surface area contributed by atoms with Gasteiger partial charge in [0.1, 0.15) is 5.75 Å². The third-order valence-corrected chi connectivity index (χ3v) is 6.38. The molecule has 32 heavy (non-hydrogen) atoms. The van der Waals surface area contributed by atoms with Crippen LogP contribution in [0.15, 0.2) is 35.6 Å². The van der Waals surface area contributed by atoms with Crippen LogP contribution < -0.4 is 4.74 Å². The molecule has 1 N–H and O–H groups in total. The van der Waals surface area contributed by atoms with Gasteiger partial charge in [0.25, 0.3) is 5.91 Å². The molecule has 1 aliphatic rings. The lowest BCUT2D eigenvalue weighted by atomic mass is 9.95. The number of aromatic nitrogens is 1. The van der Waals surface area contributed by atoms with Gasteiger partial charge in [-0.15, -0.1) is 11.3 Å². The molecule has 0 saturated heterocycles. The standard InChI is InChI=1S/C24H31N3O4S/c1-6-13-31-18-10-7-9-17(14-18)20-19(21(28)23-15(2)25-16(3)32-23)22(29)24(30)27(20)12-8-11-26(4)5/h7,9-10,14,20,29H,6,8,11-13H2,1-5H3/t20-/m0/s1. The summed E-state index contributed by atoms with van der Waals surface area (Å²) >= 11 is 1.28. The Morgan fingerprint density at radius 1 is 1.31 bits per heavy atom. The number of benzene rings is 1. The molecule has 1 aliphatic heterocycles. The first-order chi connectivity index (χ1) is 15.2. The molecule has 3 rings (SSSR count). The number of carbonyl (C=O) groups is 2. The van der Waals surface area contributed by atoms with Crippen molar-refractivity contribution in [3.8, 4) is 5.75 Å². The SMILES string of the molecule is CCCOc1cccc([C@H]2C(C(=O)c3sc(C)nc3C)=C(O)C(=O)N2CCCN(C)C)c1. The molecule has 1 amide bonds. The van der Waals surface area contributed by atoms with Crippen LogP contribution in [0.4, 0.5) is 0 Å². The third kappa shape index (κ3) is 5.02. The van der Waals surface area contributed by atoms with E-state index in [1.54, 1.807) is 11.8 Å². The van der Waals surface area contributed by atoms with Gasteiger partial charge in [-0.25, -0.2) is 4.98 Å². The lowest BCUT2D eigenvalue weighted by Gasteiger charge is -2.27. The molecule has 0 fully saturated rings. The molecule has 172 valence electrons. The highest BCUT2D eigenvalue weighted by Gasteiger charge is 2.44.